The summed E-state index contributed by atoms with van der Waals surface area (Å²) in [6.07, 6.45) is 7.81. The van der Waals surface area contributed by atoms with E-state index in [0.717, 1.165) is 70.3 Å². The van der Waals surface area contributed by atoms with E-state index in [1.807, 2.05) is 18.2 Å². The lowest BCUT2D eigenvalue weighted by Gasteiger charge is -2.35. The van der Waals surface area contributed by atoms with Crippen LogP contribution in [0.25, 0.3) is 0 Å². The Hall–Kier alpha value is -1.35. The molecule has 1 saturated heterocycles. The SMILES string of the molecule is O=C1c2ccccc2C[N+]1([O-])CCCCCOCCOCCCCOC1CCCCO1. The highest BCUT2D eigenvalue weighted by molar-refractivity contribution is 5.92. The largest absolute Gasteiger partial charge is 0.625 e. The van der Waals surface area contributed by atoms with Crippen molar-refractivity contribution in [2.75, 3.05) is 46.2 Å². The molecular formula is C24H37NO6. The van der Waals surface area contributed by atoms with Crippen molar-refractivity contribution in [2.45, 2.75) is 64.2 Å². The summed E-state index contributed by atoms with van der Waals surface area (Å²) in [6.45, 7) is 4.72. The third-order valence-corrected chi connectivity index (χ3v) is 5.85. The third-order valence-electron chi connectivity index (χ3n) is 5.85. The van der Waals surface area contributed by atoms with Crippen molar-refractivity contribution in [3.63, 3.8) is 0 Å². The van der Waals surface area contributed by atoms with Gasteiger partial charge >= 0.3 is 5.91 Å². The molecule has 2 aliphatic heterocycles. The van der Waals surface area contributed by atoms with Crippen LogP contribution in [0.5, 0.6) is 0 Å². The van der Waals surface area contributed by atoms with Gasteiger partial charge in [-0.1, -0.05) is 18.2 Å². The van der Waals surface area contributed by atoms with Crippen LogP contribution in [-0.4, -0.2) is 63.0 Å². The number of carbonyl (C=O) groups is 1. The van der Waals surface area contributed by atoms with E-state index >= 15 is 0 Å². The van der Waals surface area contributed by atoms with Gasteiger partial charge in [-0.25, -0.2) is 4.79 Å². The number of quaternary nitrogens is 1. The summed E-state index contributed by atoms with van der Waals surface area (Å²) < 4.78 is 21.7. The number of unbranched alkanes of at least 4 members (excludes halogenated alkanes) is 3. The zero-order valence-corrected chi connectivity index (χ0v) is 18.6. The molecule has 1 aromatic carbocycles. The minimum atomic E-state index is -0.743. The van der Waals surface area contributed by atoms with Crippen molar-refractivity contribution in [3.05, 3.63) is 40.6 Å². The molecule has 7 nitrogen and oxygen atoms in total. The molecule has 31 heavy (non-hydrogen) atoms. The first-order chi connectivity index (χ1) is 15.2. The lowest BCUT2D eigenvalue weighted by molar-refractivity contribution is -0.807. The second-order valence-corrected chi connectivity index (χ2v) is 8.39. The van der Waals surface area contributed by atoms with Crippen LogP contribution in [0.4, 0.5) is 0 Å². The van der Waals surface area contributed by atoms with E-state index in [2.05, 4.69) is 0 Å². The molecule has 1 fully saturated rings. The Balaban J connectivity index is 1.09. The van der Waals surface area contributed by atoms with Gasteiger partial charge in [-0.15, -0.1) is 0 Å². The molecule has 0 spiro atoms. The molecular weight excluding hydrogens is 398 g/mol. The summed E-state index contributed by atoms with van der Waals surface area (Å²) in [5.41, 5.74) is 1.46. The summed E-state index contributed by atoms with van der Waals surface area (Å²) in [7, 11) is 0. The minimum Gasteiger partial charge on any atom is -0.625 e. The maximum atomic E-state index is 12.8. The van der Waals surface area contributed by atoms with Gasteiger partial charge < -0.3 is 24.2 Å². The van der Waals surface area contributed by atoms with Crippen LogP contribution < -0.4 is 0 Å². The van der Waals surface area contributed by atoms with Crippen molar-refractivity contribution in [2.24, 2.45) is 0 Å². The van der Waals surface area contributed by atoms with E-state index in [0.29, 0.717) is 31.9 Å². The maximum absolute atomic E-state index is 12.8. The van der Waals surface area contributed by atoms with E-state index in [9.17, 15) is 10.0 Å². The molecule has 0 radical (unpaired) electrons. The van der Waals surface area contributed by atoms with Crippen molar-refractivity contribution in [1.29, 1.82) is 0 Å². The van der Waals surface area contributed by atoms with Crippen LogP contribution in [0.3, 0.4) is 0 Å². The minimum absolute atomic E-state index is 0.00357. The topological polar surface area (TPSA) is 77.1 Å². The number of carbonyl (C=O) groups excluding carboxylic acids is 1. The summed E-state index contributed by atoms with van der Waals surface area (Å²) in [6, 6.07) is 7.33. The van der Waals surface area contributed by atoms with Gasteiger partial charge in [0, 0.05) is 32.0 Å². The van der Waals surface area contributed by atoms with E-state index in [-0.39, 0.29) is 18.7 Å². The number of benzene rings is 1. The molecule has 0 aromatic heterocycles. The molecule has 1 aromatic rings. The second kappa shape index (κ2) is 13.3. The van der Waals surface area contributed by atoms with Gasteiger partial charge in [-0.3, -0.25) is 4.65 Å². The average molecular weight is 436 g/mol. The summed E-state index contributed by atoms with van der Waals surface area (Å²) >= 11 is 0. The van der Waals surface area contributed by atoms with Crippen LogP contribution >= 0.6 is 0 Å². The smallest absolute Gasteiger partial charge is 0.346 e. The van der Waals surface area contributed by atoms with Crippen molar-refractivity contribution in [3.8, 4) is 0 Å². The molecule has 7 heteroatoms. The highest BCUT2D eigenvalue weighted by atomic mass is 16.7. The quantitative estimate of drug-likeness (QED) is 0.234. The molecule has 0 bridgehead atoms. The predicted octanol–water partition coefficient (Wildman–Crippen LogP) is 4.18. The van der Waals surface area contributed by atoms with Gasteiger partial charge in [0.15, 0.2) is 6.29 Å². The van der Waals surface area contributed by atoms with Gasteiger partial charge in [0.05, 0.1) is 25.3 Å². The summed E-state index contributed by atoms with van der Waals surface area (Å²) in [5.74, 6) is -0.294. The third kappa shape index (κ3) is 7.93. The van der Waals surface area contributed by atoms with Gasteiger partial charge in [0.2, 0.25) is 0 Å². The number of fused-ring (bicyclic) bond motifs is 1. The number of amides is 1. The molecule has 2 atom stereocenters. The fraction of sp³-hybridized carbons (Fsp3) is 0.708. The molecule has 2 unspecified atom stereocenters. The summed E-state index contributed by atoms with van der Waals surface area (Å²) in [5, 5.41) is 12.8. The van der Waals surface area contributed by atoms with Gasteiger partial charge in [0.25, 0.3) is 0 Å². The Morgan fingerprint density at radius 1 is 0.935 bits per heavy atom. The van der Waals surface area contributed by atoms with E-state index in [1.54, 1.807) is 6.07 Å². The highest BCUT2D eigenvalue weighted by Gasteiger charge is 2.37. The number of hydroxylamine groups is 3. The van der Waals surface area contributed by atoms with E-state index in [4.69, 9.17) is 18.9 Å². The fourth-order valence-corrected chi connectivity index (χ4v) is 4.05. The normalized spacial score (nSPS) is 23.3. The van der Waals surface area contributed by atoms with Crippen LogP contribution in [0.15, 0.2) is 24.3 Å². The summed E-state index contributed by atoms with van der Waals surface area (Å²) in [4.78, 5) is 12.3. The lowest BCUT2D eigenvalue weighted by Crippen LogP contribution is -2.42. The molecule has 3 rings (SSSR count). The lowest BCUT2D eigenvalue weighted by atomic mass is 10.1. The highest BCUT2D eigenvalue weighted by Crippen LogP contribution is 2.29. The number of hydrogen-bond donors (Lipinski definition) is 0. The standard InChI is InChI=1S/C24H37NO6/c26-24-22-11-3-2-10-21(22)20-25(24,27)13-5-1-6-14-28-18-19-29-15-8-9-17-31-23-12-4-7-16-30-23/h2-3,10-11,23H,1,4-9,12-20H2. The zero-order chi connectivity index (χ0) is 21.8. The number of hydrogen-bond acceptors (Lipinski definition) is 6. The first kappa shape index (κ1) is 24.3. The second-order valence-electron chi connectivity index (χ2n) is 8.39. The van der Waals surface area contributed by atoms with Crippen LogP contribution in [0.2, 0.25) is 0 Å². The van der Waals surface area contributed by atoms with E-state index < -0.39 is 4.65 Å². The van der Waals surface area contributed by atoms with Crippen molar-refractivity contribution in [1.82, 2.24) is 0 Å². The average Bonchev–Trinajstić information content (AvgIpc) is 3.05. The Labute approximate surface area is 185 Å². The van der Waals surface area contributed by atoms with Crippen LogP contribution in [-0.2, 0) is 25.5 Å². The van der Waals surface area contributed by atoms with E-state index in [1.165, 1.54) is 6.42 Å². The monoisotopic (exact) mass is 435 g/mol. The molecule has 2 heterocycles. The Morgan fingerprint density at radius 3 is 2.42 bits per heavy atom. The zero-order valence-electron chi connectivity index (χ0n) is 18.6. The van der Waals surface area contributed by atoms with Crippen LogP contribution in [0, 0.1) is 5.21 Å². The van der Waals surface area contributed by atoms with Gasteiger partial charge in [-0.2, -0.15) is 0 Å². The molecule has 0 saturated carbocycles. The molecule has 1 amide bonds. The predicted molar refractivity (Wildman–Crippen MR) is 117 cm³/mol. The number of nitrogens with zero attached hydrogens (tertiary/aromatic N) is 1. The van der Waals surface area contributed by atoms with Crippen LogP contribution in [0.1, 0.15) is 67.3 Å². The maximum Gasteiger partial charge on any atom is 0.346 e. The first-order valence-electron chi connectivity index (χ1n) is 11.8. The van der Waals surface area contributed by atoms with Gasteiger partial charge in [-0.05, 0) is 57.4 Å². The fourth-order valence-electron chi connectivity index (χ4n) is 4.05. The van der Waals surface area contributed by atoms with Crippen molar-refractivity contribution < 1.29 is 28.4 Å². The van der Waals surface area contributed by atoms with Gasteiger partial charge in [0.1, 0.15) is 6.54 Å². The number of ether oxygens (including phenoxy) is 4. The first-order valence-corrected chi connectivity index (χ1v) is 11.8. The molecule has 174 valence electrons. The Bertz CT molecular complexity index is 663. The molecule has 2 aliphatic rings. The number of rotatable bonds is 15. The molecule has 0 N–H and O–H groups in total. The Morgan fingerprint density at radius 2 is 1.68 bits per heavy atom. The van der Waals surface area contributed by atoms with Crippen molar-refractivity contribution >= 4 is 5.91 Å². The molecule has 0 aliphatic carbocycles. The Kier molecular flexibility index (Phi) is 10.4.